The maximum Gasteiger partial charge on any atom is 0.492 e. The summed E-state index contributed by atoms with van der Waals surface area (Å²) >= 11 is 0. The average molecular weight is 264 g/mol. The Morgan fingerprint density at radius 1 is 1.53 bits per heavy atom. The third-order valence-electron chi connectivity index (χ3n) is 3.08. The Hall–Kier alpha value is -1.53. The molecule has 0 fully saturated rings. The van der Waals surface area contributed by atoms with Gasteiger partial charge in [0.1, 0.15) is 5.75 Å². The Bertz CT molecular complexity index is 488. The van der Waals surface area contributed by atoms with E-state index < -0.39 is 13.2 Å². The van der Waals surface area contributed by atoms with Gasteiger partial charge in [-0.05, 0) is 30.9 Å². The molecule has 0 radical (unpaired) electrons. The molecule has 0 saturated heterocycles. The van der Waals surface area contributed by atoms with E-state index in [1.165, 1.54) is 0 Å². The summed E-state index contributed by atoms with van der Waals surface area (Å²) in [5, 5.41) is 9.91. The molecule has 0 amide bonds. The Kier molecular flexibility index (Phi) is 4.12. The Morgan fingerprint density at radius 2 is 2.26 bits per heavy atom. The summed E-state index contributed by atoms with van der Waals surface area (Å²) in [4.78, 5) is 11.6. The van der Waals surface area contributed by atoms with Crippen LogP contribution in [0, 0.1) is 6.92 Å². The second-order valence-electron chi connectivity index (χ2n) is 4.46. The van der Waals surface area contributed by atoms with Crippen molar-refractivity contribution in [2.75, 3.05) is 13.7 Å². The minimum atomic E-state index is -1.02. The summed E-state index contributed by atoms with van der Waals surface area (Å²) < 4.78 is 15.6. The second kappa shape index (κ2) is 5.63. The van der Waals surface area contributed by atoms with Crippen molar-refractivity contribution >= 4 is 18.6 Å². The van der Waals surface area contributed by atoms with Crippen molar-refractivity contribution in [1.29, 1.82) is 0 Å². The molecule has 0 aliphatic carbocycles. The number of fused-ring (bicyclic) bond motifs is 1. The van der Waals surface area contributed by atoms with Crippen LogP contribution < -0.4 is 10.2 Å². The lowest BCUT2D eigenvalue weighted by atomic mass is 9.78. The quantitative estimate of drug-likeness (QED) is 0.641. The molecule has 0 aromatic heterocycles. The van der Waals surface area contributed by atoms with E-state index in [9.17, 15) is 9.82 Å². The molecule has 1 aliphatic heterocycles. The normalized spacial score (nSPS) is 17.3. The molecule has 1 heterocycles. The van der Waals surface area contributed by atoms with Crippen LogP contribution in [0.3, 0.4) is 0 Å². The number of methoxy groups -OCH3 is 1. The first-order chi connectivity index (χ1) is 9.06. The van der Waals surface area contributed by atoms with Gasteiger partial charge < -0.3 is 19.2 Å². The van der Waals surface area contributed by atoms with E-state index in [4.69, 9.17) is 14.1 Å². The van der Waals surface area contributed by atoms with Gasteiger partial charge in [-0.2, -0.15) is 0 Å². The molecule has 0 spiro atoms. The molecule has 0 saturated carbocycles. The van der Waals surface area contributed by atoms with Gasteiger partial charge in [0.25, 0.3) is 0 Å². The molecule has 5 nitrogen and oxygen atoms in total. The molecule has 1 aliphatic rings. The molecule has 6 heteroatoms. The number of carbonyl (C=O) groups is 1. The van der Waals surface area contributed by atoms with Gasteiger partial charge >= 0.3 is 13.1 Å². The van der Waals surface area contributed by atoms with Gasteiger partial charge in [0.05, 0.1) is 26.2 Å². The largest absolute Gasteiger partial charge is 0.496 e. The van der Waals surface area contributed by atoms with Crippen molar-refractivity contribution in [2.24, 2.45) is 0 Å². The fourth-order valence-corrected chi connectivity index (χ4v) is 2.33. The summed E-state index contributed by atoms with van der Waals surface area (Å²) in [6, 6.07) is 3.70. The summed E-state index contributed by atoms with van der Waals surface area (Å²) in [5.41, 5.74) is 2.36. The minimum absolute atomic E-state index is 0.0668. The molecular weight excluding hydrogens is 247 g/mol. The van der Waals surface area contributed by atoms with Crippen molar-refractivity contribution in [3.8, 4) is 5.75 Å². The van der Waals surface area contributed by atoms with E-state index in [0.29, 0.717) is 17.8 Å². The molecule has 1 unspecified atom stereocenters. The van der Waals surface area contributed by atoms with Gasteiger partial charge in [-0.15, -0.1) is 0 Å². The number of hydrogen-bond donors (Lipinski definition) is 1. The molecule has 2 rings (SSSR count). The maximum atomic E-state index is 11.6. The van der Waals surface area contributed by atoms with E-state index in [-0.39, 0.29) is 12.4 Å². The number of esters is 1. The number of aryl methyl sites for hydroxylation is 1. The summed E-state index contributed by atoms with van der Waals surface area (Å²) in [6.07, 6.45) is -0.461. The number of carbonyl (C=O) groups excluding carboxylic acids is 1. The highest BCUT2D eigenvalue weighted by molar-refractivity contribution is 6.62. The molecule has 19 heavy (non-hydrogen) atoms. The first kappa shape index (κ1) is 13.9. The van der Waals surface area contributed by atoms with Crippen LogP contribution in [0.2, 0.25) is 0 Å². The summed E-state index contributed by atoms with van der Waals surface area (Å²) in [5.74, 6) is 0.274. The molecule has 0 bridgehead atoms. The molecule has 1 aromatic carbocycles. The van der Waals surface area contributed by atoms with Crippen molar-refractivity contribution in [3.63, 3.8) is 0 Å². The fourth-order valence-electron chi connectivity index (χ4n) is 2.33. The summed E-state index contributed by atoms with van der Waals surface area (Å²) in [7, 11) is 0.532. The lowest BCUT2D eigenvalue weighted by Crippen LogP contribution is -2.28. The molecular formula is C13H17BO5. The molecule has 1 aromatic rings. The van der Waals surface area contributed by atoms with Crippen molar-refractivity contribution in [3.05, 3.63) is 23.3 Å². The Morgan fingerprint density at radius 3 is 2.89 bits per heavy atom. The predicted octanol–water partition coefficient (Wildman–Crippen LogP) is 0.716. The standard InChI is InChI=1S/C13H17BO5/c1-4-18-12(15)7-11-13-9(14(16)19-11)5-8(2)6-10(13)17-3/h5-6,11,16H,4,7H2,1-3H3. The third kappa shape index (κ3) is 2.74. The monoisotopic (exact) mass is 264 g/mol. The van der Waals surface area contributed by atoms with Gasteiger partial charge in [0.2, 0.25) is 0 Å². The highest BCUT2D eigenvalue weighted by Gasteiger charge is 2.39. The van der Waals surface area contributed by atoms with Crippen LogP contribution in [-0.4, -0.2) is 31.8 Å². The number of benzene rings is 1. The van der Waals surface area contributed by atoms with Crippen LogP contribution >= 0.6 is 0 Å². The zero-order valence-corrected chi connectivity index (χ0v) is 11.3. The fraction of sp³-hybridized carbons (Fsp3) is 0.462. The smallest absolute Gasteiger partial charge is 0.492 e. The van der Waals surface area contributed by atoms with Crippen LogP contribution in [0.25, 0.3) is 0 Å². The second-order valence-corrected chi connectivity index (χ2v) is 4.46. The number of ether oxygens (including phenoxy) is 2. The van der Waals surface area contributed by atoms with E-state index >= 15 is 0 Å². The van der Waals surface area contributed by atoms with Gasteiger partial charge in [-0.1, -0.05) is 6.07 Å². The van der Waals surface area contributed by atoms with E-state index in [0.717, 1.165) is 11.1 Å². The number of hydrogen-bond acceptors (Lipinski definition) is 5. The first-order valence-electron chi connectivity index (χ1n) is 6.24. The van der Waals surface area contributed by atoms with Crippen molar-refractivity contribution < 1.29 is 23.9 Å². The van der Waals surface area contributed by atoms with Gasteiger partial charge in [0, 0.05) is 5.56 Å². The highest BCUT2D eigenvalue weighted by Crippen LogP contribution is 2.34. The van der Waals surface area contributed by atoms with Crippen LogP contribution in [0.4, 0.5) is 0 Å². The van der Waals surface area contributed by atoms with Crippen LogP contribution in [-0.2, 0) is 14.2 Å². The van der Waals surface area contributed by atoms with Crippen LogP contribution in [0.5, 0.6) is 5.75 Å². The Labute approximate surface area is 112 Å². The number of rotatable bonds is 4. The SMILES string of the molecule is CCOC(=O)CC1OB(O)c2cc(C)cc(OC)c21. The van der Waals surface area contributed by atoms with E-state index in [1.807, 2.05) is 19.1 Å². The van der Waals surface area contributed by atoms with Gasteiger partial charge in [-0.3, -0.25) is 4.79 Å². The zero-order valence-electron chi connectivity index (χ0n) is 11.3. The van der Waals surface area contributed by atoms with Crippen molar-refractivity contribution in [1.82, 2.24) is 0 Å². The van der Waals surface area contributed by atoms with Gasteiger partial charge in [0.15, 0.2) is 0 Å². The van der Waals surface area contributed by atoms with Crippen LogP contribution in [0.1, 0.15) is 30.6 Å². The molecule has 1 atom stereocenters. The van der Waals surface area contributed by atoms with E-state index in [2.05, 4.69) is 0 Å². The zero-order chi connectivity index (χ0) is 14.0. The topological polar surface area (TPSA) is 65.0 Å². The minimum Gasteiger partial charge on any atom is -0.496 e. The van der Waals surface area contributed by atoms with Gasteiger partial charge in [-0.25, -0.2) is 0 Å². The lowest BCUT2D eigenvalue weighted by Gasteiger charge is -2.14. The highest BCUT2D eigenvalue weighted by atomic mass is 16.5. The van der Waals surface area contributed by atoms with Crippen molar-refractivity contribution in [2.45, 2.75) is 26.4 Å². The average Bonchev–Trinajstić information content (AvgIpc) is 2.65. The molecule has 102 valence electrons. The van der Waals surface area contributed by atoms with Crippen LogP contribution in [0.15, 0.2) is 12.1 Å². The summed E-state index contributed by atoms with van der Waals surface area (Å²) in [6.45, 7) is 3.99. The first-order valence-corrected chi connectivity index (χ1v) is 6.24. The van der Waals surface area contributed by atoms with E-state index in [1.54, 1.807) is 14.0 Å². The predicted molar refractivity (Wildman–Crippen MR) is 70.4 cm³/mol. The lowest BCUT2D eigenvalue weighted by molar-refractivity contribution is -0.145. The maximum absolute atomic E-state index is 11.6. The third-order valence-corrected chi connectivity index (χ3v) is 3.08. The molecule has 1 N–H and O–H groups in total. The Balaban J connectivity index is 2.31.